The first-order valence-corrected chi connectivity index (χ1v) is 6.57. The number of anilines is 2. The summed E-state index contributed by atoms with van der Waals surface area (Å²) in [6, 6.07) is 1.43. The van der Waals surface area contributed by atoms with E-state index in [9.17, 15) is 4.79 Å². The number of nitrogens with zero attached hydrogens (tertiary/aromatic N) is 1. The average Bonchev–Trinajstić information content (AvgIpc) is 3.08. The molecule has 0 aliphatic heterocycles. The van der Waals surface area contributed by atoms with Gasteiger partial charge in [0.05, 0.1) is 11.3 Å². The molecule has 1 aliphatic rings. The molecule has 1 aromatic rings. The number of nitrogen functional groups attached to an aromatic ring is 1. The van der Waals surface area contributed by atoms with Gasteiger partial charge in [-0.15, -0.1) is 0 Å². The van der Waals surface area contributed by atoms with Gasteiger partial charge < -0.3 is 16.2 Å². The van der Waals surface area contributed by atoms with E-state index >= 15 is 0 Å². The highest BCUT2D eigenvalue weighted by atomic mass is 32.2. The Balaban J connectivity index is 2.04. The number of hydrogen-bond donors (Lipinski definition) is 3. The molecule has 4 N–H and O–H groups in total. The number of rotatable bonds is 5. The highest BCUT2D eigenvalue weighted by Crippen LogP contribution is 2.47. The van der Waals surface area contributed by atoms with E-state index in [0.29, 0.717) is 16.3 Å². The Bertz CT molecular complexity index is 446. The maximum absolute atomic E-state index is 10.7. The number of nitrogens with one attached hydrogen (secondary N) is 1. The smallest absolute Gasteiger partial charge is 0.337 e. The van der Waals surface area contributed by atoms with E-state index in [1.54, 1.807) is 0 Å². The first-order valence-electron chi connectivity index (χ1n) is 5.34. The Morgan fingerprint density at radius 2 is 2.41 bits per heavy atom. The molecule has 0 saturated heterocycles. The summed E-state index contributed by atoms with van der Waals surface area (Å²) in [5.74, 6) is -0.450. The molecule has 0 aromatic carbocycles. The molecular formula is C11H15N3O2S. The Morgan fingerprint density at radius 1 is 1.71 bits per heavy atom. The second kappa shape index (κ2) is 4.44. The molecule has 17 heavy (non-hydrogen) atoms. The zero-order valence-electron chi connectivity index (χ0n) is 9.56. The van der Waals surface area contributed by atoms with Crippen molar-refractivity contribution in [1.82, 2.24) is 4.98 Å². The maximum Gasteiger partial charge on any atom is 0.337 e. The number of hydrogen-bond acceptors (Lipinski definition) is 5. The van der Waals surface area contributed by atoms with Crippen LogP contribution in [0.1, 0.15) is 23.2 Å². The summed E-state index contributed by atoms with van der Waals surface area (Å²) in [5.41, 5.74) is 6.24. The second-order valence-electron chi connectivity index (χ2n) is 4.21. The summed E-state index contributed by atoms with van der Waals surface area (Å²) in [6.45, 7) is 0.817. The highest BCUT2D eigenvalue weighted by Gasteiger charge is 2.41. The van der Waals surface area contributed by atoms with Crippen molar-refractivity contribution >= 4 is 29.2 Å². The number of nitrogens with two attached hydrogens (primary N) is 1. The Labute approximate surface area is 104 Å². The summed E-state index contributed by atoms with van der Waals surface area (Å²) in [7, 11) is 0. The van der Waals surface area contributed by atoms with Crippen LogP contribution in [0.15, 0.2) is 12.3 Å². The molecule has 2 rings (SSSR count). The lowest BCUT2D eigenvalue weighted by atomic mass is 10.2. The third-order valence-electron chi connectivity index (χ3n) is 2.98. The van der Waals surface area contributed by atoms with Crippen molar-refractivity contribution in [3.8, 4) is 0 Å². The van der Waals surface area contributed by atoms with Gasteiger partial charge >= 0.3 is 5.97 Å². The molecule has 6 heteroatoms. The predicted octanol–water partition coefficient (Wildman–Crippen LogP) is 1.67. The fourth-order valence-electron chi connectivity index (χ4n) is 1.58. The van der Waals surface area contributed by atoms with E-state index < -0.39 is 5.97 Å². The summed E-state index contributed by atoms with van der Waals surface area (Å²) in [4.78, 5) is 14.8. The molecule has 0 unspecified atom stereocenters. The minimum Gasteiger partial charge on any atom is -0.478 e. The molecule has 1 saturated carbocycles. The van der Waals surface area contributed by atoms with E-state index in [4.69, 9.17) is 10.8 Å². The Morgan fingerprint density at radius 3 is 2.88 bits per heavy atom. The molecule has 0 amide bonds. The Hall–Kier alpha value is -1.43. The van der Waals surface area contributed by atoms with E-state index in [0.717, 1.165) is 6.54 Å². The van der Waals surface area contributed by atoms with Crippen molar-refractivity contribution in [2.45, 2.75) is 17.6 Å². The Kier molecular flexibility index (Phi) is 3.15. The van der Waals surface area contributed by atoms with Crippen molar-refractivity contribution in [2.24, 2.45) is 0 Å². The lowest BCUT2D eigenvalue weighted by Gasteiger charge is -2.14. The van der Waals surface area contributed by atoms with Crippen LogP contribution in [0, 0.1) is 0 Å². The first kappa shape index (κ1) is 12.0. The van der Waals surface area contributed by atoms with Crippen molar-refractivity contribution < 1.29 is 9.90 Å². The van der Waals surface area contributed by atoms with Crippen LogP contribution in [-0.4, -0.2) is 33.6 Å². The molecule has 1 aliphatic carbocycles. The molecule has 1 aromatic heterocycles. The van der Waals surface area contributed by atoms with E-state index in [2.05, 4.69) is 16.6 Å². The van der Waals surface area contributed by atoms with Gasteiger partial charge in [-0.05, 0) is 25.2 Å². The molecule has 0 bridgehead atoms. The normalized spacial score (nSPS) is 16.5. The van der Waals surface area contributed by atoms with Crippen LogP contribution < -0.4 is 11.1 Å². The molecule has 1 heterocycles. The third-order valence-corrected chi connectivity index (χ3v) is 4.40. The van der Waals surface area contributed by atoms with E-state index in [-0.39, 0.29) is 5.56 Å². The number of carbonyl (C=O) groups is 1. The van der Waals surface area contributed by atoms with Gasteiger partial charge in [0.15, 0.2) is 0 Å². The number of carboxylic acids is 1. The van der Waals surface area contributed by atoms with Crippen LogP contribution in [-0.2, 0) is 0 Å². The fourth-order valence-corrected chi connectivity index (χ4v) is 2.31. The zero-order chi connectivity index (χ0) is 12.5. The van der Waals surface area contributed by atoms with Gasteiger partial charge in [-0.3, -0.25) is 0 Å². The van der Waals surface area contributed by atoms with Crippen LogP contribution >= 0.6 is 11.8 Å². The third kappa shape index (κ3) is 2.63. The molecule has 0 spiro atoms. The number of pyridine rings is 1. The van der Waals surface area contributed by atoms with E-state index in [1.807, 2.05) is 11.8 Å². The number of thioether (sulfide) groups is 1. The second-order valence-corrected chi connectivity index (χ2v) is 5.48. The summed E-state index contributed by atoms with van der Waals surface area (Å²) >= 11 is 1.85. The fraction of sp³-hybridized carbons (Fsp3) is 0.455. The maximum atomic E-state index is 10.7. The molecule has 0 atom stereocenters. The number of aromatic carboxylic acids is 1. The zero-order valence-corrected chi connectivity index (χ0v) is 10.4. The molecular weight excluding hydrogens is 238 g/mol. The van der Waals surface area contributed by atoms with Crippen LogP contribution in [0.25, 0.3) is 0 Å². The van der Waals surface area contributed by atoms with Gasteiger partial charge in [0, 0.05) is 17.5 Å². The monoisotopic (exact) mass is 253 g/mol. The van der Waals surface area contributed by atoms with Crippen molar-refractivity contribution in [3.05, 3.63) is 17.8 Å². The highest BCUT2D eigenvalue weighted by molar-refractivity contribution is 8.00. The summed E-state index contributed by atoms with van der Waals surface area (Å²) in [6.07, 6.45) is 5.82. The van der Waals surface area contributed by atoms with Crippen molar-refractivity contribution in [2.75, 3.05) is 23.9 Å². The number of aromatic nitrogens is 1. The number of carboxylic acid groups (broad SMARTS) is 1. The minimum absolute atomic E-state index is 0.110. The largest absolute Gasteiger partial charge is 0.478 e. The van der Waals surface area contributed by atoms with Crippen molar-refractivity contribution in [1.29, 1.82) is 0 Å². The quantitative estimate of drug-likeness (QED) is 0.739. The molecule has 1 fully saturated rings. The summed E-state index contributed by atoms with van der Waals surface area (Å²) in [5, 5.41) is 12.0. The van der Waals surface area contributed by atoms with Gasteiger partial charge in [-0.25, -0.2) is 9.78 Å². The SMILES string of the molecule is CSC1(CNc2ncc(C(=O)O)cc2N)CC1. The van der Waals surface area contributed by atoms with Crippen LogP contribution in [0.5, 0.6) is 0 Å². The lowest BCUT2D eigenvalue weighted by Crippen LogP contribution is -2.19. The predicted molar refractivity (Wildman–Crippen MR) is 69.6 cm³/mol. The minimum atomic E-state index is -1.02. The van der Waals surface area contributed by atoms with Crippen LogP contribution in [0.4, 0.5) is 11.5 Å². The molecule has 0 radical (unpaired) electrons. The first-order chi connectivity index (χ1) is 8.06. The van der Waals surface area contributed by atoms with Gasteiger partial charge in [0.1, 0.15) is 5.82 Å². The van der Waals surface area contributed by atoms with Crippen molar-refractivity contribution in [3.63, 3.8) is 0 Å². The molecule has 92 valence electrons. The standard InChI is InChI=1S/C11H15N3O2S/c1-17-11(2-3-11)6-14-9-8(12)4-7(5-13-9)10(15)16/h4-5H,2-3,6,12H2,1H3,(H,13,14)(H,15,16). The van der Waals surface area contributed by atoms with Gasteiger partial charge in [-0.1, -0.05) is 0 Å². The average molecular weight is 253 g/mol. The molecule has 5 nitrogen and oxygen atoms in total. The summed E-state index contributed by atoms with van der Waals surface area (Å²) < 4.78 is 0.319. The topological polar surface area (TPSA) is 88.2 Å². The lowest BCUT2D eigenvalue weighted by molar-refractivity contribution is 0.0696. The van der Waals surface area contributed by atoms with Gasteiger partial charge in [0.2, 0.25) is 0 Å². The van der Waals surface area contributed by atoms with E-state index in [1.165, 1.54) is 25.1 Å². The van der Waals surface area contributed by atoms with Gasteiger partial charge in [-0.2, -0.15) is 11.8 Å². The van der Waals surface area contributed by atoms with Crippen LogP contribution in [0.2, 0.25) is 0 Å². The van der Waals surface area contributed by atoms with Gasteiger partial charge in [0.25, 0.3) is 0 Å². The van der Waals surface area contributed by atoms with Crippen LogP contribution in [0.3, 0.4) is 0 Å².